The highest BCUT2D eigenvalue weighted by Crippen LogP contribution is 2.25. The Morgan fingerprint density at radius 3 is 2.62 bits per heavy atom. The summed E-state index contributed by atoms with van der Waals surface area (Å²) in [6.07, 6.45) is 1.22. The van der Waals surface area contributed by atoms with E-state index in [2.05, 4.69) is 10.4 Å². The number of rotatable bonds is 7. The van der Waals surface area contributed by atoms with Gasteiger partial charge in [-0.3, -0.25) is 9.59 Å². The average Bonchev–Trinajstić information content (AvgIpc) is 2.91. The predicted octanol–water partition coefficient (Wildman–Crippen LogP) is 3.47. The van der Waals surface area contributed by atoms with Crippen LogP contribution in [0.15, 0.2) is 24.3 Å². The van der Waals surface area contributed by atoms with Crippen LogP contribution in [0.5, 0.6) is 0 Å². The molecule has 0 atom stereocenters. The fraction of sp³-hybridized carbons (Fsp3) is 0.312. The van der Waals surface area contributed by atoms with Crippen LogP contribution in [0.25, 0.3) is 5.69 Å². The average molecular weight is 370 g/mol. The molecule has 1 heterocycles. The number of aliphatic carboxylic acids is 1. The van der Waals surface area contributed by atoms with Gasteiger partial charge in [0.15, 0.2) is 5.69 Å². The van der Waals surface area contributed by atoms with E-state index in [1.54, 1.807) is 28.9 Å². The zero-order valence-electron chi connectivity index (χ0n) is 13.1. The minimum Gasteiger partial charge on any atom is -0.481 e. The van der Waals surface area contributed by atoms with Gasteiger partial charge in [-0.25, -0.2) is 4.68 Å². The third-order valence-electron chi connectivity index (χ3n) is 3.37. The number of benzene rings is 1. The molecule has 1 aromatic heterocycles. The van der Waals surface area contributed by atoms with Crippen molar-refractivity contribution in [1.82, 2.24) is 15.1 Å². The van der Waals surface area contributed by atoms with E-state index >= 15 is 0 Å². The predicted molar refractivity (Wildman–Crippen MR) is 92.1 cm³/mol. The molecular formula is C16H17Cl2N3O3. The van der Waals surface area contributed by atoms with Gasteiger partial charge in [0.1, 0.15) is 0 Å². The Balaban J connectivity index is 2.01. The van der Waals surface area contributed by atoms with Gasteiger partial charge in [-0.05, 0) is 44.0 Å². The number of carbonyl (C=O) groups excluding carboxylic acids is 1. The van der Waals surface area contributed by atoms with Crippen molar-refractivity contribution >= 4 is 35.1 Å². The Morgan fingerprint density at radius 1 is 1.21 bits per heavy atom. The van der Waals surface area contributed by atoms with Gasteiger partial charge in [-0.2, -0.15) is 5.10 Å². The molecule has 0 unspecified atom stereocenters. The second-order valence-electron chi connectivity index (χ2n) is 5.29. The minimum atomic E-state index is -0.836. The maximum absolute atomic E-state index is 12.1. The summed E-state index contributed by atoms with van der Waals surface area (Å²) in [5.74, 6) is -1.13. The van der Waals surface area contributed by atoms with Gasteiger partial charge in [0, 0.05) is 18.7 Å². The molecule has 2 aromatic rings. The molecule has 0 bridgehead atoms. The highest BCUT2D eigenvalue weighted by atomic mass is 35.5. The molecule has 0 saturated heterocycles. The topological polar surface area (TPSA) is 84.2 Å². The van der Waals surface area contributed by atoms with E-state index in [1.807, 2.05) is 6.92 Å². The smallest absolute Gasteiger partial charge is 0.303 e. The van der Waals surface area contributed by atoms with Crippen LogP contribution < -0.4 is 5.32 Å². The number of hydrogen-bond acceptors (Lipinski definition) is 3. The molecule has 0 spiro atoms. The van der Waals surface area contributed by atoms with Crippen LogP contribution in [0.1, 0.15) is 35.4 Å². The number of nitrogens with zero attached hydrogens (tertiary/aromatic N) is 2. The van der Waals surface area contributed by atoms with Crippen LogP contribution in [0, 0.1) is 6.92 Å². The molecule has 0 fully saturated rings. The van der Waals surface area contributed by atoms with E-state index in [4.69, 9.17) is 28.3 Å². The fourth-order valence-electron chi connectivity index (χ4n) is 2.16. The van der Waals surface area contributed by atoms with Gasteiger partial charge in [0.25, 0.3) is 5.91 Å². The molecule has 6 nitrogen and oxygen atoms in total. The molecule has 24 heavy (non-hydrogen) atoms. The van der Waals surface area contributed by atoms with Gasteiger partial charge in [-0.15, -0.1) is 0 Å². The second-order valence-corrected chi connectivity index (χ2v) is 6.10. The first kappa shape index (κ1) is 18.3. The summed E-state index contributed by atoms with van der Waals surface area (Å²) in [5, 5.41) is 16.4. The van der Waals surface area contributed by atoms with Gasteiger partial charge < -0.3 is 10.4 Å². The molecule has 0 aliphatic carbocycles. The van der Waals surface area contributed by atoms with E-state index in [9.17, 15) is 9.59 Å². The molecule has 1 aromatic carbocycles. The molecule has 2 N–H and O–H groups in total. The maximum Gasteiger partial charge on any atom is 0.303 e. The monoisotopic (exact) mass is 369 g/mol. The number of aromatic nitrogens is 2. The Bertz CT molecular complexity index is 759. The Morgan fingerprint density at radius 2 is 1.96 bits per heavy atom. The van der Waals surface area contributed by atoms with Crippen LogP contribution in [-0.2, 0) is 4.79 Å². The molecule has 2 rings (SSSR count). The SMILES string of the molecule is Cc1cc(C(=O)NCCCCC(=O)O)nn1-c1ccc(Cl)c(Cl)c1. The first-order valence-electron chi connectivity index (χ1n) is 7.40. The summed E-state index contributed by atoms with van der Waals surface area (Å²) < 4.78 is 1.61. The number of aryl methyl sites for hydroxylation is 1. The number of carboxylic acid groups (broad SMARTS) is 1. The van der Waals surface area contributed by atoms with Gasteiger partial charge in [0.05, 0.1) is 15.7 Å². The third-order valence-corrected chi connectivity index (χ3v) is 4.11. The van der Waals surface area contributed by atoms with Crippen LogP contribution >= 0.6 is 23.2 Å². The highest BCUT2D eigenvalue weighted by Gasteiger charge is 2.13. The van der Waals surface area contributed by atoms with E-state index in [0.717, 1.165) is 5.69 Å². The van der Waals surface area contributed by atoms with Crippen molar-refractivity contribution in [1.29, 1.82) is 0 Å². The second kappa shape index (κ2) is 8.17. The lowest BCUT2D eigenvalue weighted by Gasteiger charge is -2.05. The largest absolute Gasteiger partial charge is 0.481 e. The van der Waals surface area contributed by atoms with Gasteiger partial charge in [0.2, 0.25) is 0 Å². The van der Waals surface area contributed by atoms with Crippen molar-refractivity contribution in [3.05, 3.63) is 45.7 Å². The van der Waals surface area contributed by atoms with E-state index in [0.29, 0.717) is 35.1 Å². The standard InChI is InChI=1S/C16H17Cl2N3O3/c1-10-8-14(16(24)19-7-3-2-4-15(22)23)20-21(10)11-5-6-12(17)13(18)9-11/h5-6,8-9H,2-4,7H2,1H3,(H,19,24)(H,22,23). The number of hydrogen-bond donors (Lipinski definition) is 2. The molecule has 0 aliphatic heterocycles. The molecule has 8 heteroatoms. The summed E-state index contributed by atoms with van der Waals surface area (Å²) in [6.45, 7) is 2.24. The third kappa shape index (κ3) is 4.72. The van der Waals surface area contributed by atoms with Crippen LogP contribution in [0.3, 0.4) is 0 Å². The van der Waals surface area contributed by atoms with Gasteiger partial charge in [-0.1, -0.05) is 23.2 Å². The van der Waals surface area contributed by atoms with Crippen LogP contribution in [0.4, 0.5) is 0 Å². The Hall–Kier alpha value is -2.05. The number of halogens is 2. The number of amides is 1. The van der Waals surface area contributed by atoms with Crippen LogP contribution in [0.2, 0.25) is 10.0 Å². The first-order valence-corrected chi connectivity index (χ1v) is 8.16. The van der Waals surface area contributed by atoms with Crippen molar-refractivity contribution in [3.8, 4) is 5.69 Å². The van der Waals surface area contributed by atoms with Crippen molar-refractivity contribution in [3.63, 3.8) is 0 Å². The summed E-state index contributed by atoms with van der Waals surface area (Å²) in [7, 11) is 0. The molecule has 0 radical (unpaired) electrons. The van der Waals surface area contributed by atoms with E-state index < -0.39 is 5.97 Å². The lowest BCUT2D eigenvalue weighted by molar-refractivity contribution is -0.137. The van der Waals surface area contributed by atoms with Crippen molar-refractivity contribution < 1.29 is 14.7 Å². The number of carbonyl (C=O) groups is 2. The van der Waals surface area contributed by atoms with Crippen LogP contribution in [-0.4, -0.2) is 33.3 Å². The normalized spacial score (nSPS) is 10.6. The summed E-state index contributed by atoms with van der Waals surface area (Å²) in [4.78, 5) is 22.5. The molecule has 1 amide bonds. The van der Waals surface area contributed by atoms with Crippen molar-refractivity contribution in [2.45, 2.75) is 26.2 Å². The number of carboxylic acids is 1. The maximum atomic E-state index is 12.1. The number of nitrogens with one attached hydrogen (secondary N) is 1. The Kier molecular flexibility index (Phi) is 6.23. The molecule has 0 saturated carbocycles. The molecular weight excluding hydrogens is 353 g/mol. The summed E-state index contributed by atoms with van der Waals surface area (Å²) >= 11 is 11.9. The van der Waals surface area contributed by atoms with Crippen molar-refractivity contribution in [2.24, 2.45) is 0 Å². The zero-order valence-corrected chi connectivity index (χ0v) is 14.6. The lowest BCUT2D eigenvalue weighted by Crippen LogP contribution is -2.25. The lowest BCUT2D eigenvalue weighted by atomic mass is 10.2. The van der Waals surface area contributed by atoms with Crippen molar-refractivity contribution in [2.75, 3.05) is 6.54 Å². The van der Waals surface area contributed by atoms with Gasteiger partial charge >= 0.3 is 5.97 Å². The summed E-state index contributed by atoms with van der Waals surface area (Å²) in [6, 6.07) is 6.79. The zero-order chi connectivity index (χ0) is 17.7. The fourth-order valence-corrected chi connectivity index (χ4v) is 2.45. The molecule has 128 valence electrons. The molecule has 0 aliphatic rings. The summed E-state index contributed by atoms with van der Waals surface area (Å²) in [5.41, 5.74) is 1.78. The minimum absolute atomic E-state index is 0.0981. The first-order chi connectivity index (χ1) is 11.4. The van der Waals surface area contributed by atoms with E-state index in [1.165, 1.54) is 0 Å². The van der Waals surface area contributed by atoms with E-state index in [-0.39, 0.29) is 18.0 Å². The Labute approximate surface area is 149 Å². The quantitative estimate of drug-likeness (QED) is 0.731. The highest BCUT2D eigenvalue weighted by molar-refractivity contribution is 6.42. The number of unbranched alkanes of at least 4 members (excludes halogenated alkanes) is 1.